The van der Waals surface area contributed by atoms with Crippen molar-refractivity contribution in [3.8, 4) is 11.5 Å². The lowest BCUT2D eigenvalue weighted by molar-refractivity contribution is -0.136. The molecule has 6 heteroatoms. The standard InChI is InChI=1S/C32H26O6/c33-31(34)29(19-23-11-15-27(16-12-23)37-21-25-7-3-1-4-8-25)30(32(35)36)20-24-13-17-28(18-14-24)38-22-26-9-5-2-6-10-26/h1-20H,21-22H2,(H,33,34)(H,35,36)/b29-19+,30-20+. The quantitative estimate of drug-likeness (QED) is 0.179. The van der Waals surface area contributed by atoms with Gasteiger partial charge in [-0.05, 0) is 58.7 Å². The van der Waals surface area contributed by atoms with Gasteiger partial charge in [0.25, 0.3) is 0 Å². The van der Waals surface area contributed by atoms with Crippen LogP contribution in [0.15, 0.2) is 120 Å². The average Bonchev–Trinajstić information content (AvgIpc) is 2.95. The average molecular weight is 507 g/mol. The van der Waals surface area contributed by atoms with Crippen molar-refractivity contribution in [1.29, 1.82) is 0 Å². The summed E-state index contributed by atoms with van der Waals surface area (Å²) in [7, 11) is 0. The van der Waals surface area contributed by atoms with Crippen LogP contribution in [-0.4, -0.2) is 22.2 Å². The third kappa shape index (κ3) is 7.45. The van der Waals surface area contributed by atoms with Gasteiger partial charge in [0.15, 0.2) is 0 Å². The molecule has 0 aliphatic carbocycles. The highest BCUT2D eigenvalue weighted by Crippen LogP contribution is 2.23. The summed E-state index contributed by atoms with van der Waals surface area (Å²) >= 11 is 0. The maximum Gasteiger partial charge on any atom is 0.336 e. The third-order valence-electron chi connectivity index (χ3n) is 5.63. The maximum absolute atomic E-state index is 12.0. The SMILES string of the molecule is O=C(O)C(=C/c1ccc(OCc2ccccc2)cc1)/C(=C\c1ccc(OCc2ccccc2)cc1)C(=O)O. The second-order valence-corrected chi connectivity index (χ2v) is 8.41. The normalized spacial score (nSPS) is 11.6. The molecule has 0 radical (unpaired) electrons. The minimum atomic E-state index is -1.34. The molecule has 4 rings (SSSR count). The third-order valence-corrected chi connectivity index (χ3v) is 5.63. The van der Waals surface area contributed by atoms with Gasteiger partial charge < -0.3 is 19.7 Å². The van der Waals surface area contributed by atoms with Crippen molar-refractivity contribution in [3.63, 3.8) is 0 Å². The van der Waals surface area contributed by atoms with Gasteiger partial charge >= 0.3 is 11.9 Å². The van der Waals surface area contributed by atoms with Gasteiger partial charge in [-0.2, -0.15) is 0 Å². The Morgan fingerprint density at radius 2 is 0.868 bits per heavy atom. The Balaban J connectivity index is 1.48. The Morgan fingerprint density at radius 3 is 1.18 bits per heavy atom. The Labute approximate surface area is 220 Å². The van der Waals surface area contributed by atoms with Crippen molar-refractivity contribution in [2.75, 3.05) is 0 Å². The van der Waals surface area contributed by atoms with E-state index in [1.807, 2.05) is 60.7 Å². The summed E-state index contributed by atoms with van der Waals surface area (Å²) in [5.41, 5.74) is 2.45. The van der Waals surface area contributed by atoms with Gasteiger partial charge in [-0.1, -0.05) is 84.9 Å². The molecule has 6 nitrogen and oxygen atoms in total. The number of carbonyl (C=O) groups is 2. The van der Waals surface area contributed by atoms with Crippen LogP contribution in [0, 0.1) is 0 Å². The molecular weight excluding hydrogens is 480 g/mol. The van der Waals surface area contributed by atoms with Crippen molar-refractivity contribution in [1.82, 2.24) is 0 Å². The van der Waals surface area contributed by atoms with E-state index in [0.29, 0.717) is 35.8 Å². The molecule has 0 aliphatic heterocycles. The summed E-state index contributed by atoms with van der Waals surface area (Å²) in [4.78, 5) is 24.0. The molecule has 0 atom stereocenters. The first-order chi connectivity index (χ1) is 18.5. The van der Waals surface area contributed by atoms with E-state index >= 15 is 0 Å². The summed E-state index contributed by atoms with van der Waals surface area (Å²) in [6, 6.07) is 33.0. The van der Waals surface area contributed by atoms with Crippen LogP contribution < -0.4 is 9.47 Å². The number of hydrogen-bond donors (Lipinski definition) is 2. The molecular formula is C32H26O6. The van der Waals surface area contributed by atoms with Gasteiger partial charge in [0.05, 0.1) is 11.1 Å². The van der Waals surface area contributed by atoms with E-state index in [4.69, 9.17) is 9.47 Å². The molecule has 38 heavy (non-hydrogen) atoms. The Hall–Kier alpha value is -5.10. The van der Waals surface area contributed by atoms with Crippen LogP contribution in [0.2, 0.25) is 0 Å². The maximum atomic E-state index is 12.0. The van der Waals surface area contributed by atoms with Crippen LogP contribution in [0.25, 0.3) is 12.2 Å². The van der Waals surface area contributed by atoms with Crippen LogP contribution in [0.4, 0.5) is 0 Å². The van der Waals surface area contributed by atoms with Crippen LogP contribution in [0.3, 0.4) is 0 Å². The highest BCUT2D eigenvalue weighted by atomic mass is 16.5. The van der Waals surface area contributed by atoms with Crippen LogP contribution in [-0.2, 0) is 22.8 Å². The fourth-order valence-electron chi connectivity index (χ4n) is 3.65. The largest absolute Gasteiger partial charge is 0.489 e. The summed E-state index contributed by atoms with van der Waals surface area (Å²) in [6.45, 7) is 0.802. The van der Waals surface area contributed by atoms with Gasteiger partial charge in [0, 0.05) is 0 Å². The molecule has 0 fully saturated rings. The molecule has 0 amide bonds. The zero-order valence-electron chi connectivity index (χ0n) is 20.5. The van der Waals surface area contributed by atoms with Crippen molar-refractivity contribution >= 4 is 24.1 Å². The van der Waals surface area contributed by atoms with E-state index in [2.05, 4.69) is 0 Å². The van der Waals surface area contributed by atoms with E-state index in [1.165, 1.54) is 12.2 Å². The van der Waals surface area contributed by atoms with Gasteiger partial charge in [-0.3, -0.25) is 0 Å². The lowest BCUT2D eigenvalue weighted by Crippen LogP contribution is -2.11. The van der Waals surface area contributed by atoms with Crippen LogP contribution in [0.1, 0.15) is 22.3 Å². The molecule has 0 spiro atoms. The lowest BCUT2D eigenvalue weighted by Gasteiger charge is -2.08. The molecule has 4 aromatic rings. The fraction of sp³-hybridized carbons (Fsp3) is 0.0625. The predicted molar refractivity (Wildman–Crippen MR) is 146 cm³/mol. The molecule has 0 heterocycles. The number of carboxylic acid groups (broad SMARTS) is 2. The molecule has 0 unspecified atom stereocenters. The van der Waals surface area contributed by atoms with E-state index in [0.717, 1.165) is 11.1 Å². The number of ether oxygens (including phenoxy) is 2. The van der Waals surface area contributed by atoms with Crippen molar-refractivity contribution in [2.45, 2.75) is 13.2 Å². The molecule has 4 aromatic carbocycles. The Bertz CT molecular complexity index is 1310. The molecule has 0 bridgehead atoms. The predicted octanol–water partition coefficient (Wildman–Crippen LogP) is 6.48. The Kier molecular flexibility index (Phi) is 8.71. The van der Waals surface area contributed by atoms with Crippen molar-refractivity contribution in [3.05, 3.63) is 143 Å². The number of rotatable bonds is 11. The topological polar surface area (TPSA) is 93.1 Å². The highest BCUT2D eigenvalue weighted by Gasteiger charge is 2.20. The zero-order chi connectivity index (χ0) is 26.7. The number of hydrogen-bond acceptors (Lipinski definition) is 4. The zero-order valence-corrected chi connectivity index (χ0v) is 20.5. The minimum absolute atomic E-state index is 0.333. The lowest BCUT2D eigenvalue weighted by atomic mass is 10.00. The summed E-state index contributed by atoms with van der Waals surface area (Å²) in [5, 5.41) is 19.6. The summed E-state index contributed by atoms with van der Waals surface area (Å²) in [6.07, 6.45) is 2.67. The van der Waals surface area contributed by atoms with Gasteiger partial charge in [-0.25, -0.2) is 9.59 Å². The number of aliphatic carboxylic acids is 2. The fourth-order valence-corrected chi connectivity index (χ4v) is 3.65. The van der Waals surface area contributed by atoms with Gasteiger partial charge in [-0.15, -0.1) is 0 Å². The highest BCUT2D eigenvalue weighted by molar-refractivity contribution is 6.11. The summed E-state index contributed by atoms with van der Waals surface area (Å²) in [5.74, 6) is -1.45. The van der Waals surface area contributed by atoms with E-state index < -0.39 is 11.9 Å². The minimum Gasteiger partial charge on any atom is -0.489 e. The molecule has 0 aliphatic rings. The number of benzene rings is 4. The molecule has 2 N–H and O–H groups in total. The second-order valence-electron chi connectivity index (χ2n) is 8.41. The second kappa shape index (κ2) is 12.7. The van der Waals surface area contributed by atoms with Crippen molar-refractivity contribution < 1.29 is 29.3 Å². The molecule has 0 saturated carbocycles. The Morgan fingerprint density at radius 1 is 0.526 bits per heavy atom. The van der Waals surface area contributed by atoms with Crippen molar-refractivity contribution in [2.24, 2.45) is 0 Å². The number of carboxylic acids is 2. The van der Waals surface area contributed by atoms with E-state index in [9.17, 15) is 19.8 Å². The van der Waals surface area contributed by atoms with Crippen LogP contribution in [0.5, 0.6) is 11.5 Å². The smallest absolute Gasteiger partial charge is 0.336 e. The molecule has 190 valence electrons. The van der Waals surface area contributed by atoms with Gasteiger partial charge in [0.2, 0.25) is 0 Å². The van der Waals surface area contributed by atoms with Gasteiger partial charge in [0.1, 0.15) is 24.7 Å². The van der Waals surface area contributed by atoms with Crippen LogP contribution >= 0.6 is 0 Å². The first kappa shape index (κ1) is 26.0. The first-order valence-electron chi connectivity index (χ1n) is 11.9. The molecule has 0 aromatic heterocycles. The van der Waals surface area contributed by atoms with E-state index in [-0.39, 0.29) is 11.1 Å². The summed E-state index contributed by atoms with van der Waals surface area (Å²) < 4.78 is 11.5. The van der Waals surface area contributed by atoms with E-state index in [1.54, 1.807) is 48.5 Å². The monoisotopic (exact) mass is 506 g/mol. The first-order valence-corrected chi connectivity index (χ1v) is 11.9. The molecule has 0 saturated heterocycles.